The summed E-state index contributed by atoms with van der Waals surface area (Å²) >= 11 is 0. The van der Waals surface area contributed by atoms with Gasteiger partial charge < -0.3 is 79.5 Å². The van der Waals surface area contributed by atoms with Crippen molar-refractivity contribution in [2.24, 2.45) is 44.8 Å². The molecule has 7 fully saturated rings. The Labute approximate surface area is 363 Å². The monoisotopic (exact) mass is 884 g/mol. The molecule has 354 valence electrons. The molecule has 5 aliphatic carbocycles. The molecule has 62 heavy (non-hydrogen) atoms. The quantitative estimate of drug-likeness (QED) is 0.119. The number of hydrogen-bond acceptors (Lipinski definition) is 16. The molecule has 3 heterocycles. The zero-order valence-corrected chi connectivity index (χ0v) is 36.9. The van der Waals surface area contributed by atoms with Crippen molar-refractivity contribution in [1.82, 2.24) is 0 Å². The largest absolute Gasteiger partial charge is 0.481 e. The molecule has 22 atom stereocenters. The first-order chi connectivity index (χ1) is 29.0. The van der Waals surface area contributed by atoms with Gasteiger partial charge in [0.15, 0.2) is 18.9 Å². The van der Waals surface area contributed by atoms with Gasteiger partial charge in [0.2, 0.25) is 0 Å². The standard InChI is InChI=1S/C45H72O17/c1-40(2)26-9-12-44(6)27(8-7-21-22-17-41(3,56)13-15-45(22,39(54)55)16-14-43(21,44)5)42(26,4)11-10-28(40)60-38-35(62-37-33(53)30(50)24(48)20-58-37)34(31(51)25(18-46)59-38)61-36-32(52)29(49)23(47)19-57-36/h7,22-38,46-53,56H,8-20H2,1-6H3,(H,54,55)/t22?,23-,24+,25+,26?,27?,28?,29-,30-,31-,32+,33+,34-,35+,36-,37-,38-,41?,42?,43?,44?,45?/m0/s1. The summed E-state index contributed by atoms with van der Waals surface area (Å²) in [7, 11) is 0. The van der Waals surface area contributed by atoms with Gasteiger partial charge in [-0.3, -0.25) is 4.79 Å². The van der Waals surface area contributed by atoms with E-state index < -0.39 is 128 Å². The maximum atomic E-state index is 13.1. The molecular weight excluding hydrogens is 812 g/mol. The summed E-state index contributed by atoms with van der Waals surface area (Å²) in [5.41, 5.74) is -1.64. The van der Waals surface area contributed by atoms with Crippen molar-refractivity contribution in [3.05, 3.63) is 11.6 Å². The zero-order valence-electron chi connectivity index (χ0n) is 36.9. The van der Waals surface area contributed by atoms with Crippen LogP contribution < -0.4 is 0 Å². The number of aliphatic carboxylic acids is 1. The van der Waals surface area contributed by atoms with Crippen LogP contribution in [0.2, 0.25) is 0 Å². The Bertz CT molecular complexity index is 1690. The number of hydrogen-bond donors (Lipinski definition) is 10. The second-order valence-corrected chi connectivity index (χ2v) is 21.9. The molecule has 0 amide bonds. The predicted octanol–water partition coefficient (Wildman–Crippen LogP) is 0.709. The van der Waals surface area contributed by atoms with Gasteiger partial charge in [-0.1, -0.05) is 46.3 Å². The lowest BCUT2D eigenvalue weighted by Gasteiger charge is -2.71. The van der Waals surface area contributed by atoms with E-state index >= 15 is 0 Å². The molecule has 8 rings (SSSR count). The number of aliphatic hydroxyl groups is 9. The molecule has 0 bridgehead atoms. The van der Waals surface area contributed by atoms with Crippen LogP contribution in [0.25, 0.3) is 0 Å². The second-order valence-electron chi connectivity index (χ2n) is 21.9. The maximum Gasteiger partial charge on any atom is 0.310 e. The number of carboxylic acids is 1. The SMILES string of the molecule is CC1(O)CCC2(C(=O)O)CCC3(C)C(=CCC4C5(C)CCC(O[C@@H]6O[C@H](CO)[C@H](O)[C@H](O[C@@H]7OC[C@H](O)[C@H](O)[C@H]7O)[C@H]6O[C@@H]6OC[C@@H](O)[C@H](O)[C@H]6O)C(C)(C)C5CCC43C)C2C1. The molecule has 0 spiro atoms. The molecule has 8 aliphatic rings. The lowest BCUT2D eigenvalue weighted by atomic mass is 9.33. The fourth-order valence-corrected chi connectivity index (χ4v) is 14.4. The maximum absolute atomic E-state index is 13.1. The van der Waals surface area contributed by atoms with E-state index in [2.05, 4.69) is 40.7 Å². The normalized spacial score (nSPS) is 55.1. The Kier molecular flexibility index (Phi) is 12.5. The number of carboxylic acid groups (broad SMARTS) is 1. The van der Waals surface area contributed by atoms with Gasteiger partial charge in [-0.15, -0.1) is 0 Å². The summed E-state index contributed by atoms with van der Waals surface area (Å²) < 4.78 is 36.7. The summed E-state index contributed by atoms with van der Waals surface area (Å²) in [5, 5.41) is 107. The van der Waals surface area contributed by atoms with Crippen LogP contribution in [-0.2, 0) is 33.2 Å². The van der Waals surface area contributed by atoms with Crippen molar-refractivity contribution in [3.63, 3.8) is 0 Å². The van der Waals surface area contributed by atoms with E-state index in [-0.39, 0.29) is 34.0 Å². The van der Waals surface area contributed by atoms with E-state index in [1.165, 1.54) is 5.57 Å². The average molecular weight is 885 g/mol. The van der Waals surface area contributed by atoms with E-state index in [0.29, 0.717) is 32.1 Å². The summed E-state index contributed by atoms with van der Waals surface area (Å²) in [6, 6.07) is 0. The van der Waals surface area contributed by atoms with E-state index in [4.69, 9.17) is 28.4 Å². The predicted molar refractivity (Wildman–Crippen MR) is 215 cm³/mol. The van der Waals surface area contributed by atoms with Crippen LogP contribution >= 0.6 is 0 Å². The van der Waals surface area contributed by atoms with E-state index in [9.17, 15) is 55.9 Å². The third kappa shape index (κ3) is 7.27. The van der Waals surface area contributed by atoms with Gasteiger partial charge in [-0.2, -0.15) is 0 Å². The van der Waals surface area contributed by atoms with E-state index in [1.807, 2.05) is 6.92 Å². The number of rotatable bonds is 8. The summed E-state index contributed by atoms with van der Waals surface area (Å²) in [5.74, 6) is -0.575. The topological polar surface area (TPSA) is 275 Å². The molecule has 0 radical (unpaired) electrons. The van der Waals surface area contributed by atoms with E-state index in [0.717, 1.165) is 32.1 Å². The van der Waals surface area contributed by atoms with Crippen molar-refractivity contribution < 1.29 is 84.3 Å². The highest BCUT2D eigenvalue weighted by Crippen LogP contribution is 2.75. The third-order valence-corrected chi connectivity index (χ3v) is 18.3. The molecule has 0 aromatic rings. The van der Waals surface area contributed by atoms with Gasteiger partial charge in [-0.05, 0) is 111 Å². The number of carbonyl (C=O) groups is 1. The lowest BCUT2D eigenvalue weighted by Crippen LogP contribution is -2.67. The molecule has 10 N–H and O–H groups in total. The molecule has 0 aromatic heterocycles. The fraction of sp³-hybridized carbons (Fsp3) is 0.933. The fourth-order valence-electron chi connectivity index (χ4n) is 14.4. The molecule has 3 aliphatic heterocycles. The Balaban J connectivity index is 1.08. The average Bonchev–Trinajstić information content (AvgIpc) is 3.20. The summed E-state index contributed by atoms with van der Waals surface area (Å²) in [4.78, 5) is 13.1. The first-order valence-corrected chi connectivity index (χ1v) is 22.8. The third-order valence-electron chi connectivity index (χ3n) is 18.3. The number of allylic oxidation sites excluding steroid dienone is 2. The molecular formula is C45H72O17. The van der Waals surface area contributed by atoms with Crippen molar-refractivity contribution in [2.75, 3.05) is 19.8 Å². The van der Waals surface area contributed by atoms with Gasteiger partial charge in [0.05, 0.1) is 36.9 Å². The minimum atomic E-state index is -1.75. The van der Waals surface area contributed by atoms with E-state index in [1.54, 1.807) is 0 Å². The van der Waals surface area contributed by atoms with Crippen LogP contribution in [0.1, 0.15) is 106 Å². The molecule has 9 unspecified atom stereocenters. The Morgan fingerprint density at radius 1 is 0.710 bits per heavy atom. The molecule has 17 nitrogen and oxygen atoms in total. The van der Waals surface area contributed by atoms with Crippen molar-refractivity contribution in [2.45, 2.75) is 197 Å². The lowest BCUT2D eigenvalue weighted by molar-refractivity contribution is -0.390. The minimum absolute atomic E-state index is 0.144. The Hall–Kier alpha value is -1.39. The Morgan fingerprint density at radius 2 is 1.31 bits per heavy atom. The molecule has 4 saturated carbocycles. The number of fused-ring (bicyclic) bond motifs is 7. The second kappa shape index (κ2) is 16.4. The van der Waals surface area contributed by atoms with Crippen molar-refractivity contribution >= 4 is 5.97 Å². The molecule has 17 heteroatoms. The van der Waals surface area contributed by atoms with Gasteiger partial charge >= 0.3 is 5.97 Å². The van der Waals surface area contributed by atoms with Crippen LogP contribution in [0, 0.1) is 44.8 Å². The number of aliphatic hydroxyl groups excluding tert-OH is 8. The van der Waals surface area contributed by atoms with Crippen LogP contribution in [-0.4, -0.2) is 168 Å². The zero-order chi connectivity index (χ0) is 45.1. The summed E-state index contributed by atoms with van der Waals surface area (Å²) in [6.07, 6.45) is -11.5. The first-order valence-electron chi connectivity index (χ1n) is 22.8. The van der Waals surface area contributed by atoms with Gasteiger partial charge in [0.25, 0.3) is 0 Å². The van der Waals surface area contributed by atoms with Crippen molar-refractivity contribution in [3.8, 4) is 0 Å². The van der Waals surface area contributed by atoms with Crippen molar-refractivity contribution in [1.29, 1.82) is 0 Å². The highest BCUT2D eigenvalue weighted by molar-refractivity contribution is 5.76. The minimum Gasteiger partial charge on any atom is -0.481 e. The highest BCUT2D eigenvalue weighted by atomic mass is 16.8. The molecule has 0 aromatic carbocycles. The first kappa shape index (κ1) is 47.1. The Morgan fingerprint density at radius 3 is 1.90 bits per heavy atom. The van der Waals surface area contributed by atoms with Gasteiger partial charge in [0, 0.05) is 0 Å². The smallest absolute Gasteiger partial charge is 0.310 e. The summed E-state index contributed by atoms with van der Waals surface area (Å²) in [6.45, 7) is 11.9. The van der Waals surface area contributed by atoms with Gasteiger partial charge in [0.1, 0.15) is 61.0 Å². The highest BCUT2D eigenvalue weighted by Gasteiger charge is 2.70. The van der Waals surface area contributed by atoms with Crippen LogP contribution in [0.4, 0.5) is 0 Å². The van der Waals surface area contributed by atoms with Gasteiger partial charge in [-0.25, -0.2) is 0 Å². The van der Waals surface area contributed by atoms with Crippen LogP contribution in [0.15, 0.2) is 11.6 Å². The number of ether oxygens (including phenoxy) is 6. The molecule has 3 saturated heterocycles. The van der Waals surface area contributed by atoms with Crippen LogP contribution in [0.5, 0.6) is 0 Å². The van der Waals surface area contributed by atoms with Crippen LogP contribution in [0.3, 0.4) is 0 Å².